The quantitative estimate of drug-likeness (QED) is 0.640. The van der Waals surface area contributed by atoms with E-state index >= 15 is 0 Å². The monoisotopic (exact) mass is 369 g/mol. The van der Waals surface area contributed by atoms with Crippen LogP contribution in [0.2, 0.25) is 0 Å². The first kappa shape index (κ1) is 18.7. The van der Waals surface area contributed by atoms with Crippen LogP contribution >= 0.6 is 0 Å². The number of nitrogens with zero attached hydrogens (tertiary/aromatic N) is 1. The topological polar surface area (TPSA) is 43.6 Å². The van der Waals surface area contributed by atoms with Gasteiger partial charge in [0.15, 0.2) is 0 Å². The lowest BCUT2D eigenvalue weighted by Gasteiger charge is -2.50. The van der Waals surface area contributed by atoms with Crippen LogP contribution in [0.15, 0.2) is 36.5 Å². The number of ether oxygens (including phenoxy) is 1. The minimum absolute atomic E-state index is 0.0371. The molecule has 6 atom stereocenters. The predicted molar refractivity (Wildman–Crippen MR) is 105 cm³/mol. The number of quaternary nitrogens is 1. The predicted octanol–water partition coefficient (Wildman–Crippen LogP) is 2.45. The van der Waals surface area contributed by atoms with E-state index in [1.165, 1.54) is 23.3 Å². The third-order valence-electron chi connectivity index (χ3n) is 7.42. The van der Waals surface area contributed by atoms with Gasteiger partial charge in [0.2, 0.25) is 0 Å². The lowest BCUT2D eigenvalue weighted by atomic mass is 9.55. The molecule has 4 nitrogen and oxygen atoms in total. The third-order valence-corrected chi connectivity index (χ3v) is 7.42. The van der Waals surface area contributed by atoms with Gasteiger partial charge in [0.25, 0.3) is 0 Å². The number of carbonyl (C=O) groups is 1. The second kappa shape index (κ2) is 7.38. The average molecular weight is 370 g/mol. The van der Waals surface area contributed by atoms with Crippen molar-refractivity contribution in [3.8, 4) is 0 Å². The molecule has 1 aromatic rings. The highest BCUT2D eigenvalue weighted by Crippen LogP contribution is 2.56. The van der Waals surface area contributed by atoms with E-state index in [1.54, 1.807) is 0 Å². The van der Waals surface area contributed by atoms with Gasteiger partial charge < -0.3 is 9.64 Å². The fourth-order valence-corrected chi connectivity index (χ4v) is 5.85. The molecule has 2 aliphatic carbocycles. The summed E-state index contributed by atoms with van der Waals surface area (Å²) in [5.41, 5.74) is 2.82. The lowest BCUT2D eigenvalue weighted by molar-refractivity contribution is -0.882. The van der Waals surface area contributed by atoms with E-state index in [2.05, 4.69) is 31.6 Å². The molecule has 0 amide bonds. The number of fused-ring (bicyclic) bond motifs is 2. The molecule has 0 spiro atoms. The maximum atomic E-state index is 12.7. The molecule has 4 rings (SSSR count). The van der Waals surface area contributed by atoms with E-state index in [9.17, 15) is 4.79 Å². The van der Waals surface area contributed by atoms with Crippen molar-refractivity contribution in [3.63, 3.8) is 0 Å². The zero-order valence-corrected chi connectivity index (χ0v) is 16.7. The fourth-order valence-electron chi connectivity index (χ4n) is 5.85. The van der Waals surface area contributed by atoms with Gasteiger partial charge in [-0.2, -0.15) is 0 Å². The Bertz CT molecular complexity index is 704. The van der Waals surface area contributed by atoms with Crippen molar-refractivity contribution in [3.05, 3.63) is 42.2 Å². The Morgan fingerprint density at radius 2 is 2.26 bits per heavy atom. The van der Waals surface area contributed by atoms with Gasteiger partial charge in [0, 0.05) is 24.2 Å². The first-order valence-corrected chi connectivity index (χ1v) is 10.6. The van der Waals surface area contributed by atoms with Crippen LogP contribution in [0, 0.1) is 23.2 Å². The van der Waals surface area contributed by atoms with E-state index in [0.29, 0.717) is 11.8 Å². The molecule has 3 fully saturated rings. The molecule has 2 saturated carbocycles. The highest BCUT2D eigenvalue weighted by Gasteiger charge is 2.55. The van der Waals surface area contributed by atoms with Crippen molar-refractivity contribution in [2.24, 2.45) is 23.2 Å². The number of pyridine rings is 1. The van der Waals surface area contributed by atoms with Gasteiger partial charge in [0.1, 0.15) is 12.0 Å². The van der Waals surface area contributed by atoms with E-state index in [-0.39, 0.29) is 23.4 Å². The highest BCUT2D eigenvalue weighted by atomic mass is 16.6. The number of carbonyl (C=O) groups excluding carboxylic acids is 1. The van der Waals surface area contributed by atoms with Crippen LogP contribution in [0.3, 0.4) is 0 Å². The molecule has 1 aromatic heterocycles. The third kappa shape index (κ3) is 3.69. The molecular formula is C23H33N2O2+. The molecule has 0 aromatic carbocycles. The molecular weight excluding hydrogens is 336 g/mol. The smallest absolute Gasteiger partial charge is 0.315 e. The van der Waals surface area contributed by atoms with Crippen LogP contribution in [0.1, 0.15) is 44.7 Å². The van der Waals surface area contributed by atoms with Crippen molar-refractivity contribution < 1.29 is 14.4 Å². The molecule has 2 heterocycles. The molecule has 3 aliphatic rings. The number of nitrogens with one attached hydrogen (secondary N) is 1. The first-order valence-electron chi connectivity index (χ1n) is 10.6. The Hall–Kier alpha value is -1.68. The standard InChI is InChI=1S/C23H32N2O2/c1-16-7-6-10-23(2)14-21-18(13-20(16)23)19(22(26)27-21)15-25(3)12-9-17-8-4-5-11-24-17/h4-5,8,11,18-21H,1,6-7,9-10,12-15H2,2-3H3/p+1/t18-,19-,20+,21+,23-/m0/s1. The van der Waals surface area contributed by atoms with Crippen molar-refractivity contribution in [1.29, 1.82) is 0 Å². The van der Waals surface area contributed by atoms with Crippen LogP contribution in [-0.2, 0) is 16.0 Å². The Morgan fingerprint density at radius 1 is 1.41 bits per heavy atom. The zero-order chi connectivity index (χ0) is 19.0. The number of aromatic nitrogens is 1. The Morgan fingerprint density at radius 3 is 3.04 bits per heavy atom. The zero-order valence-electron chi connectivity index (χ0n) is 16.7. The summed E-state index contributed by atoms with van der Waals surface area (Å²) >= 11 is 0. The Labute approximate surface area is 163 Å². The van der Waals surface area contributed by atoms with Crippen LogP contribution in [0.25, 0.3) is 0 Å². The van der Waals surface area contributed by atoms with Gasteiger partial charge in [-0.05, 0) is 55.6 Å². The van der Waals surface area contributed by atoms with Crippen LogP contribution in [-0.4, -0.2) is 37.2 Å². The molecule has 1 saturated heterocycles. The number of hydrogen-bond donors (Lipinski definition) is 1. The van der Waals surface area contributed by atoms with Gasteiger partial charge >= 0.3 is 5.97 Å². The molecule has 4 heteroatoms. The average Bonchev–Trinajstić information content (AvgIpc) is 2.93. The van der Waals surface area contributed by atoms with Gasteiger partial charge in [-0.15, -0.1) is 0 Å². The maximum Gasteiger partial charge on any atom is 0.315 e. The summed E-state index contributed by atoms with van der Waals surface area (Å²) in [6, 6.07) is 6.06. The Balaban J connectivity index is 1.40. The van der Waals surface area contributed by atoms with Crippen LogP contribution < -0.4 is 4.90 Å². The molecule has 1 unspecified atom stereocenters. The molecule has 0 radical (unpaired) electrons. The number of hydrogen-bond acceptors (Lipinski definition) is 3. The number of likely N-dealkylation sites (N-methyl/N-ethyl adjacent to an activating group) is 1. The Kier molecular flexibility index (Phi) is 5.11. The van der Waals surface area contributed by atoms with Gasteiger partial charge in [-0.1, -0.05) is 25.1 Å². The fraction of sp³-hybridized carbons (Fsp3) is 0.652. The summed E-state index contributed by atoms with van der Waals surface area (Å²) in [6.45, 7) is 8.64. The number of rotatable bonds is 5. The summed E-state index contributed by atoms with van der Waals surface area (Å²) in [5, 5.41) is 0. The van der Waals surface area contributed by atoms with Crippen molar-refractivity contribution in [2.75, 3.05) is 20.1 Å². The van der Waals surface area contributed by atoms with Crippen LogP contribution in [0.5, 0.6) is 0 Å². The first-order chi connectivity index (χ1) is 13.0. The second-order valence-electron chi connectivity index (χ2n) is 9.39. The van der Waals surface area contributed by atoms with Crippen molar-refractivity contribution in [1.82, 2.24) is 4.98 Å². The molecule has 146 valence electrons. The minimum atomic E-state index is 0.0371. The molecule has 27 heavy (non-hydrogen) atoms. The van der Waals surface area contributed by atoms with E-state index in [4.69, 9.17) is 4.74 Å². The summed E-state index contributed by atoms with van der Waals surface area (Å²) in [5.74, 6) is 1.02. The van der Waals surface area contributed by atoms with E-state index < -0.39 is 0 Å². The lowest BCUT2D eigenvalue weighted by Crippen LogP contribution is -3.10. The van der Waals surface area contributed by atoms with E-state index in [1.807, 2.05) is 18.3 Å². The summed E-state index contributed by atoms with van der Waals surface area (Å²) in [6.07, 6.45) is 8.67. The molecule has 1 N–H and O–H groups in total. The summed E-state index contributed by atoms with van der Waals surface area (Å²) in [7, 11) is 2.19. The summed E-state index contributed by atoms with van der Waals surface area (Å²) in [4.78, 5) is 18.5. The summed E-state index contributed by atoms with van der Waals surface area (Å²) < 4.78 is 5.90. The number of esters is 1. The molecule has 1 aliphatic heterocycles. The molecule has 0 bridgehead atoms. The van der Waals surface area contributed by atoms with Crippen molar-refractivity contribution in [2.45, 2.75) is 51.6 Å². The van der Waals surface area contributed by atoms with Crippen LogP contribution in [0.4, 0.5) is 0 Å². The van der Waals surface area contributed by atoms with Gasteiger partial charge in [-0.3, -0.25) is 9.78 Å². The van der Waals surface area contributed by atoms with Gasteiger partial charge in [-0.25, -0.2) is 0 Å². The minimum Gasteiger partial charge on any atom is -0.462 e. The second-order valence-corrected chi connectivity index (χ2v) is 9.39. The maximum absolute atomic E-state index is 12.7. The number of allylic oxidation sites excluding steroid dienone is 1. The highest BCUT2D eigenvalue weighted by molar-refractivity contribution is 5.75. The normalized spacial score (nSPS) is 36.7. The van der Waals surface area contributed by atoms with E-state index in [0.717, 1.165) is 44.5 Å². The van der Waals surface area contributed by atoms with Gasteiger partial charge in [0.05, 0.1) is 20.1 Å². The van der Waals surface area contributed by atoms with Crippen molar-refractivity contribution >= 4 is 5.97 Å². The largest absolute Gasteiger partial charge is 0.462 e. The SMILES string of the molecule is C=C1CCC[C@@]2(C)C[C@H]3OC(=O)[C@@H](C[NH+](C)CCc4ccccn4)[C@@H]3C[C@H]12.